The van der Waals surface area contributed by atoms with Crippen LogP contribution in [0.4, 0.5) is 0 Å². The smallest absolute Gasteiger partial charge is 0.233 e. The van der Waals surface area contributed by atoms with Gasteiger partial charge in [-0.2, -0.15) is 0 Å². The van der Waals surface area contributed by atoms with Gasteiger partial charge in [0.1, 0.15) is 0 Å². The molecule has 0 amide bonds. The topological polar surface area (TPSA) is 55.6 Å². The molecule has 19 heavy (non-hydrogen) atoms. The van der Waals surface area contributed by atoms with Crippen LogP contribution in [0.2, 0.25) is 0 Å². The van der Waals surface area contributed by atoms with Crippen LogP contribution in [0, 0.1) is 17.0 Å². The van der Waals surface area contributed by atoms with Gasteiger partial charge >= 0.3 is 0 Å². The lowest BCUT2D eigenvalue weighted by Crippen LogP contribution is -2.29. The van der Waals surface area contributed by atoms with Gasteiger partial charge in [-0.1, -0.05) is 29.8 Å². The van der Waals surface area contributed by atoms with E-state index >= 15 is 0 Å². The van der Waals surface area contributed by atoms with Crippen LogP contribution in [-0.2, 0) is 4.74 Å². The zero-order valence-corrected chi connectivity index (χ0v) is 11.4. The lowest BCUT2D eigenvalue weighted by Gasteiger charge is -2.14. The largest absolute Gasteiger partial charge is 0.383 e. The van der Waals surface area contributed by atoms with Crippen molar-refractivity contribution in [3.8, 4) is 0 Å². The van der Waals surface area contributed by atoms with Crippen LogP contribution in [0.15, 0.2) is 24.3 Å². The molecule has 5 heteroatoms. The van der Waals surface area contributed by atoms with Crippen molar-refractivity contribution in [3.63, 3.8) is 0 Å². The second kappa shape index (κ2) is 6.12. The Bertz CT molecular complexity index is 433. The van der Waals surface area contributed by atoms with Crippen molar-refractivity contribution in [3.05, 3.63) is 45.5 Å². The summed E-state index contributed by atoms with van der Waals surface area (Å²) < 4.78 is 5.04. The van der Waals surface area contributed by atoms with Crippen molar-refractivity contribution in [2.75, 3.05) is 33.4 Å². The highest BCUT2D eigenvalue weighted by Crippen LogP contribution is 2.29. The van der Waals surface area contributed by atoms with Crippen LogP contribution in [-0.4, -0.2) is 49.2 Å². The van der Waals surface area contributed by atoms with Crippen molar-refractivity contribution in [2.24, 2.45) is 0 Å². The van der Waals surface area contributed by atoms with Gasteiger partial charge in [0.15, 0.2) is 0 Å². The van der Waals surface area contributed by atoms with Gasteiger partial charge in [-0.15, -0.1) is 0 Å². The van der Waals surface area contributed by atoms with E-state index in [-0.39, 0.29) is 10.8 Å². The van der Waals surface area contributed by atoms with E-state index in [2.05, 4.69) is 4.90 Å². The van der Waals surface area contributed by atoms with Gasteiger partial charge in [-0.25, -0.2) is 0 Å². The molecule has 0 radical (unpaired) electrons. The Morgan fingerprint density at radius 1 is 1.37 bits per heavy atom. The zero-order valence-electron chi connectivity index (χ0n) is 11.4. The molecule has 2 atom stereocenters. The molecule has 1 fully saturated rings. The molecular weight excluding hydrogens is 244 g/mol. The first-order chi connectivity index (χ1) is 9.11. The molecule has 0 bridgehead atoms. The summed E-state index contributed by atoms with van der Waals surface area (Å²) in [6.07, 6.45) is 0. The number of nitro groups is 1. The maximum atomic E-state index is 11.2. The van der Waals surface area contributed by atoms with Crippen molar-refractivity contribution >= 4 is 0 Å². The monoisotopic (exact) mass is 264 g/mol. The normalized spacial score (nSPS) is 23.7. The average molecular weight is 264 g/mol. The first-order valence-corrected chi connectivity index (χ1v) is 6.53. The summed E-state index contributed by atoms with van der Waals surface area (Å²) in [5, 5.41) is 11.2. The van der Waals surface area contributed by atoms with Gasteiger partial charge < -0.3 is 4.74 Å². The number of rotatable bonds is 5. The predicted molar refractivity (Wildman–Crippen MR) is 73.0 cm³/mol. The molecule has 0 aromatic heterocycles. The Balaban J connectivity index is 2.12. The van der Waals surface area contributed by atoms with Gasteiger partial charge in [-0.05, 0) is 12.5 Å². The first-order valence-electron chi connectivity index (χ1n) is 6.53. The Hall–Kier alpha value is -1.46. The minimum atomic E-state index is -0.514. The van der Waals surface area contributed by atoms with Gasteiger partial charge in [-0.3, -0.25) is 15.0 Å². The third-order valence-electron chi connectivity index (χ3n) is 3.75. The molecule has 0 aliphatic carbocycles. The van der Waals surface area contributed by atoms with E-state index in [1.54, 1.807) is 7.11 Å². The molecule has 1 aromatic carbocycles. The van der Waals surface area contributed by atoms with E-state index in [0.29, 0.717) is 13.2 Å². The molecule has 1 saturated heterocycles. The number of likely N-dealkylation sites (tertiary alicyclic amines) is 1. The third-order valence-corrected chi connectivity index (χ3v) is 3.75. The molecule has 1 aliphatic rings. The van der Waals surface area contributed by atoms with Crippen LogP contribution >= 0.6 is 0 Å². The Labute approximate surface area is 113 Å². The van der Waals surface area contributed by atoms with Crippen LogP contribution < -0.4 is 0 Å². The molecule has 5 nitrogen and oxygen atoms in total. The molecule has 2 rings (SSSR count). The Morgan fingerprint density at radius 2 is 2.05 bits per heavy atom. The quantitative estimate of drug-likeness (QED) is 0.600. The predicted octanol–water partition coefficient (Wildman–Crippen LogP) is 1.69. The summed E-state index contributed by atoms with van der Waals surface area (Å²) in [7, 11) is 1.65. The molecule has 104 valence electrons. The average Bonchev–Trinajstić information content (AvgIpc) is 2.81. The maximum absolute atomic E-state index is 11.2. The molecule has 2 unspecified atom stereocenters. The van der Waals surface area contributed by atoms with Crippen LogP contribution in [0.25, 0.3) is 0 Å². The van der Waals surface area contributed by atoms with Crippen molar-refractivity contribution in [1.29, 1.82) is 0 Å². The Morgan fingerprint density at radius 3 is 2.63 bits per heavy atom. The second-order valence-corrected chi connectivity index (χ2v) is 5.12. The maximum Gasteiger partial charge on any atom is 0.233 e. The molecule has 0 N–H and O–H groups in total. The minimum Gasteiger partial charge on any atom is -0.383 e. The Kier molecular flexibility index (Phi) is 4.50. The summed E-state index contributed by atoms with van der Waals surface area (Å²) in [5.74, 6) is -0.0209. The van der Waals surface area contributed by atoms with Crippen LogP contribution in [0.1, 0.15) is 17.0 Å². The number of aryl methyl sites for hydroxylation is 1. The third kappa shape index (κ3) is 3.30. The standard InChI is InChI=1S/C14H20N2O3/c1-11-3-5-12(6-4-11)13-9-15(7-8-19-2)10-14(13)16(17)18/h3-6,13-14H,7-10H2,1-2H3. The van der Waals surface area contributed by atoms with Gasteiger partial charge in [0.25, 0.3) is 0 Å². The van der Waals surface area contributed by atoms with E-state index < -0.39 is 6.04 Å². The van der Waals surface area contributed by atoms with Gasteiger partial charge in [0.05, 0.1) is 19.1 Å². The van der Waals surface area contributed by atoms with Gasteiger partial charge in [0, 0.05) is 25.1 Å². The fraction of sp³-hybridized carbons (Fsp3) is 0.571. The minimum absolute atomic E-state index is 0.0209. The molecule has 0 saturated carbocycles. The van der Waals surface area contributed by atoms with E-state index in [4.69, 9.17) is 4.74 Å². The lowest BCUT2D eigenvalue weighted by molar-refractivity contribution is -0.521. The highest BCUT2D eigenvalue weighted by molar-refractivity contribution is 5.26. The van der Waals surface area contributed by atoms with Crippen molar-refractivity contribution < 1.29 is 9.66 Å². The fourth-order valence-corrected chi connectivity index (χ4v) is 2.62. The van der Waals surface area contributed by atoms with Crippen LogP contribution in [0.5, 0.6) is 0 Å². The highest BCUT2D eigenvalue weighted by atomic mass is 16.6. The summed E-state index contributed by atoms with van der Waals surface area (Å²) in [5.41, 5.74) is 2.24. The van der Waals surface area contributed by atoms with E-state index in [0.717, 1.165) is 18.7 Å². The zero-order chi connectivity index (χ0) is 13.8. The summed E-state index contributed by atoms with van der Waals surface area (Å²) in [4.78, 5) is 13.2. The SMILES string of the molecule is COCCN1CC(c2ccc(C)cc2)C([N+](=O)[O-])C1. The molecular formula is C14H20N2O3. The molecule has 1 aliphatic heterocycles. The van der Waals surface area contributed by atoms with E-state index in [9.17, 15) is 10.1 Å². The fourth-order valence-electron chi connectivity index (χ4n) is 2.62. The summed E-state index contributed by atoms with van der Waals surface area (Å²) in [6.45, 7) is 4.63. The molecule has 0 spiro atoms. The highest BCUT2D eigenvalue weighted by Gasteiger charge is 2.41. The lowest BCUT2D eigenvalue weighted by atomic mass is 9.94. The number of nitrogens with zero attached hydrogens (tertiary/aromatic N) is 2. The second-order valence-electron chi connectivity index (χ2n) is 5.12. The number of methoxy groups -OCH3 is 1. The van der Waals surface area contributed by atoms with Crippen LogP contribution in [0.3, 0.4) is 0 Å². The number of hydrogen-bond donors (Lipinski definition) is 0. The molecule has 1 heterocycles. The number of ether oxygens (including phenoxy) is 1. The first kappa shape index (κ1) is 14.0. The van der Waals surface area contributed by atoms with E-state index in [1.807, 2.05) is 31.2 Å². The number of benzene rings is 1. The summed E-state index contributed by atoms with van der Waals surface area (Å²) >= 11 is 0. The number of hydrogen-bond acceptors (Lipinski definition) is 4. The van der Waals surface area contributed by atoms with E-state index in [1.165, 1.54) is 5.56 Å². The van der Waals surface area contributed by atoms with Gasteiger partial charge in [0.2, 0.25) is 6.04 Å². The van der Waals surface area contributed by atoms with Crippen molar-refractivity contribution in [2.45, 2.75) is 18.9 Å². The molecule has 1 aromatic rings. The van der Waals surface area contributed by atoms with Crippen molar-refractivity contribution in [1.82, 2.24) is 4.90 Å². The summed E-state index contributed by atoms with van der Waals surface area (Å²) in [6, 6.07) is 7.54.